The van der Waals surface area contributed by atoms with E-state index in [0.29, 0.717) is 6.54 Å². The van der Waals surface area contributed by atoms with E-state index in [1.165, 1.54) is 0 Å². The Morgan fingerprint density at radius 1 is 1.46 bits per heavy atom. The quantitative estimate of drug-likeness (QED) is 0.698. The van der Waals surface area contributed by atoms with E-state index >= 15 is 0 Å². The van der Waals surface area contributed by atoms with Gasteiger partial charge in [-0.15, -0.1) is 0 Å². The molecule has 0 aliphatic heterocycles. The number of nitrogens with two attached hydrogens (primary N) is 1. The Morgan fingerprint density at radius 2 is 2.23 bits per heavy atom. The Bertz CT molecular complexity index is 278. The summed E-state index contributed by atoms with van der Waals surface area (Å²) >= 11 is 3.25. The number of hydrogen-bond donors (Lipinski definition) is 3. The van der Waals surface area contributed by atoms with Crippen molar-refractivity contribution >= 4 is 15.9 Å². The van der Waals surface area contributed by atoms with Crippen molar-refractivity contribution in [3.8, 4) is 5.75 Å². The number of halogens is 1. The van der Waals surface area contributed by atoms with Crippen LogP contribution in [0.5, 0.6) is 5.75 Å². The Balaban J connectivity index is 2.53. The molecule has 0 saturated carbocycles. The summed E-state index contributed by atoms with van der Waals surface area (Å²) in [6.45, 7) is 2.22. The highest BCUT2D eigenvalue weighted by Crippen LogP contribution is 2.23. The first-order valence-electron chi connectivity index (χ1n) is 4.12. The zero-order valence-electron chi connectivity index (χ0n) is 7.26. The van der Waals surface area contributed by atoms with E-state index in [9.17, 15) is 5.11 Å². The van der Waals surface area contributed by atoms with Crippen molar-refractivity contribution in [1.29, 1.82) is 0 Å². The molecule has 0 heterocycles. The molecule has 1 rings (SSSR count). The Morgan fingerprint density at radius 3 is 2.85 bits per heavy atom. The first-order chi connectivity index (χ1) is 6.24. The zero-order valence-corrected chi connectivity index (χ0v) is 8.84. The second-order valence-electron chi connectivity index (χ2n) is 2.75. The topological polar surface area (TPSA) is 58.3 Å². The van der Waals surface area contributed by atoms with Gasteiger partial charge in [-0.3, -0.25) is 0 Å². The van der Waals surface area contributed by atoms with E-state index in [0.717, 1.165) is 23.1 Å². The molecule has 0 amide bonds. The van der Waals surface area contributed by atoms with E-state index in [4.69, 9.17) is 5.73 Å². The maximum atomic E-state index is 9.23. The lowest BCUT2D eigenvalue weighted by Crippen LogP contribution is -2.21. The molecule has 4 heteroatoms. The standard InChI is InChI=1S/C9H13BrN2O/c10-8-5-7(1-2-9(8)13)6-12-4-3-11/h1-2,5,12-13H,3-4,6,11H2. The van der Waals surface area contributed by atoms with Gasteiger partial charge in [0.2, 0.25) is 0 Å². The van der Waals surface area contributed by atoms with Crippen molar-refractivity contribution in [3.05, 3.63) is 28.2 Å². The van der Waals surface area contributed by atoms with E-state index in [-0.39, 0.29) is 5.75 Å². The lowest BCUT2D eigenvalue weighted by Gasteiger charge is -2.04. The maximum Gasteiger partial charge on any atom is 0.129 e. The molecule has 0 aliphatic rings. The minimum atomic E-state index is 0.266. The summed E-state index contributed by atoms with van der Waals surface area (Å²) in [5.41, 5.74) is 6.46. The summed E-state index contributed by atoms with van der Waals surface area (Å²) in [7, 11) is 0. The third-order valence-corrected chi connectivity index (χ3v) is 2.30. The molecule has 0 fully saturated rings. The fourth-order valence-corrected chi connectivity index (χ4v) is 1.42. The molecule has 0 spiro atoms. The molecule has 0 atom stereocenters. The predicted octanol–water partition coefficient (Wildman–Crippen LogP) is 1.20. The molecule has 72 valence electrons. The van der Waals surface area contributed by atoms with E-state index in [2.05, 4.69) is 21.2 Å². The molecular formula is C9H13BrN2O. The van der Waals surface area contributed by atoms with Crippen LogP contribution in [0.1, 0.15) is 5.56 Å². The molecule has 0 saturated heterocycles. The fraction of sp³-hybridized carbons (Fsp3) is 0.333. The number of benzene rings is 1. The normalized spacial score (nSPS) is 10.3. The third kappa shape index (κ3) is 3.34. The predicted molar refractivity (Wildman–Crippen MR) is 56.6 cm³/mol. The van der Waals surface area contributed by atoms with E-state index in [1.54, 1.807) is 6.07 Å². The van der Waals surface area contributed by atoms with Crippen LogP contribution in [-0.4, -0.2) is 18.2 Å². The second-order valence-corrected chi connectivity index (χ2v) is 3.61. The van der Waals surface area contributed by atoms with Crippen LogP contribution in [0.4, 0.5) is 0 Å². The Labute approximate surface area is 86.1 Å². The summed E-state index contributed by atoms with van der Waals surface area (Å²) in [5.74, 6) is 0.266. The molecule has 0 unspecified atom stereocenters. The molecule has 3 nitrogen and oxygen atoms in total. The average Bonchev–Trinajstić information content (AvgIpc) is 2.12. The van der Waals surface area contributed by atoms with Gasteiger partial charge in [-0.25, -0.2) is 0 Å². The summed E-state index contributed by atoms with van der Waals surface area (Å²) in [6.07, 6.45) is 0. The van der Waals surface area contributed by atoms with Crippen LogP contribution in [0.2, 0.25) is 0 Å². The summed E-state index contributed by atoms with van der Waals surface area (Å²) in [5, 5.41) is 12.4. The molecule has 4 N–H and O–H groups in total. The first kappa shape index (κ1) is 10.5. The molecule has 1 aromatic rings. The van der Waals surface area contributed by atoms with Crippen LogP contribution in [-0.2, 0) is 6.54 Å². The third-order valence-electron chi connectivity index (χ3n) is 1.66. The average molecular weight is 245 g/mol. The highest BCUT2D eigenvalue weighted by Gasteiger charge is 1.98. The van der Waals surface area contributed by atoms with Crippen molar-refractivity contribution in [2.45, 2.75) is 6.54 Å². The van der Waals surface area contributed by atoms with Gasteiger partial charge in [-0.2, -0.15) is 0 Å². The van der Waals surface area contributed by atoms with Crippen LogP contribution >= 0.6 is 15.9 Å². The molecule has 13 heavy (non-hydrogen) atoms. The van der Waals surface area contributed by atoms with Gasteiger partial charge in [0.1, 0.15) is 5.75 Å². The van der Waals surface area contributed by atoms with Gasteiger partial charge in [-0.1, -0.05) is 6.07 Å². The number of hydrogen-bond acceptors (Lipinski definition) is 3. The van der Waals surface area contributed by atoms with Gasteiger partial charge < -0.3 is 16.2 Å². The monoisotopic (exact) mass is 244 g/mol. The van der Waals surface area contributed by atoms with Crippen molar-refractivity contribution in [2.75, 3.05) is 13.1 Å². The Kier molecular flexibility index (Phi) is 4.21. The van der Waals surface area contributed by atoms with Gasteiger partial charge in [0.05, 0.1) is 4.47 Å². The largest absolute Gasteiger partial charge is 0.507 e. The Hall–Kier alpha value is -0.580. The molecule has 1 aromatic carbocycles. The smallest absolute Gasteiger partial charge is 0.129 e. The van der Waals surface area contributed by atoms with Crippen LogP contribution in [0.3, 0.4) is 0 Å². The van der Waals surface area contributed by atoms with Crippen molar-refractivity contribution < 1.29 is 5.11 Å². The van der Waals surface area contributed by atoms with Gasteiger partial charge in [0.25, 0.3) is 0 Å². The summed E-state index contributed by atoms with van der Waals surface area (Å²) in [4.78, 5) is 0. The number of nitrogens with one attached hydrogen (secondary N) is 1. The fourth-order valence-electron chi connectivity index (χ4n) is 0.995. The van der Waals surface area contributed by atoms with Crippen molar-refractivity contribution in [2.24, 2.45) is 5.73 Å². The van der Waals surface area contributed by atoms with Crippen LogP contribution < -0.4 is 11.1 Å². The van der Waals surface area contributed by atoms with Crippen molar-refractivity contribution in [1.82, 2.24) is 5.32 Å². The van der Waals surface area contributed by atoms with E-state index in [1.807, 2.05) is 12.1 Å². The zero-order chi connectivity index (χ0) is 9.68. The van der Waals surface area contributed by atoms with Crippen LogP contribution in [0.15, 0.2) is 22.7 Å². The number of phenolic OH excluding ortho intramolecular Hbond substituents is 1. The summed E-state index contributed by atoms with van der Waals surface area (Å²) < 4.78 is 0.722. The van der Waals surface area contributed by atoms with Gasteiger partial charge in [-0.05, 0) is 33.6 Å². The minimum Gasteiger partial charge on any atom is -0.507 e. The molecule has 0 aromatic heterocycles. The number of rotatable bonds is 4. The molecule has 0 aliphatic carbocycles. The lowest BCUT2D eigenvalue weighted by molar-refractivity contribution is 0.471. The highest BCUT2D eigenvalue weighted by atomic mass is 79.9. The van der Waals surface area contributed by atoms with Crippen molar-refractivity contribution in [3.63, 3.8) is 0 Å². The van der Waals surface area contributed by atoms with Gasteiger partial charge in [0.15, 0.2) is 0 Å². The lowest BCUT2D eigenvalue weighted by atomic mass is 10.2. The first-order valence-corrected chi connectivity index (χ1v) is 4.91. The van der Waals surface area contributed by atoms with E-state index < -0.39 is 0 Å². The van der Waals surface area contributed by atoms with Crippen LogP contribution in [0.25, 0.3) is 0 Å². The molecule has 0 bridgehead atoms. The summed E-state index contributed by atoms with van der Waals surface area (Å²) in [6, 6.07) is 5.44. The van der Waals surface area contributed by atoms with Crippen LogP contribution in [0, 0.1) is 0 Å². The molecule has 0 radical (unpaired) electrons. The second kappa shape index (κ2) is 5.21. The SMILES string of the molecule is NCCNCc1ccc(O)c(Br)c1. The maximum absolute atomic E-state index is 9.23. The highest BCUT2D eigenvalue weighted by molar-refractivity contribution is 9.10. The minimum absolute atomic E-state index is 0.266. The number of aromatic hydroxyl groups is 1. The number of phenols is 1. The van der Waals surface area contributed by atoms with Gasteiger partial charge in [0, 0.05) is 19.6 Å². The van der Waals surface area contributed by atoms with Gasteiger partial charge >= 0.3 is 0 Å². The molecular weight excluding hydrogens is 232 g/mol.